The molecule has 0 bridgehead atoms. The molecule has 8 nitrogen and oxygen atoms in total. The first kappa shape index (κ1) is 27.5. The SMILES string of the molecule is CSC1=[N+]=CN2C(=C1)N=[N+]=C2C#Cc1cccc(NC(=O)c2ccc(CN3CCN(C)CC3)c(C(F)(F)F)c2)c1. The average molecular weight is 566 g/mol. The maximum atomic E-state index is 13.9. The summed E-state index contributed by atoms with van der Waals surface area (Å²) in [6.45, 7) is 3.17. The molecule has 3 aliphatic rings. The topological polar surface area (TPSA) is 79.4 Å². The van der Waals surface area contributed by atoms with Gasteiger partial charge in [0.05, 0.1) is 16.8 Å². The Balaban J connectivity index is 1.29. The van der Waals surface area contributed by atoms with Crippen LogP contribution in [0.3, 0.4) is 0 Å². The number of fused-ring (bicyclic) bond motifs is 1. The first-order valence-electron chi connectivity index (χ1n) is 12.5. The third-order valence-corrected chi connectivity index (χ3v) is 7.23. The van der Waals surface area contributed by atoms with E-state index in [4.69, 9.17) is 0 Å². The molecule has 0 saturated carbocycles. The number of halogens is 3. The molecule has 1 N–H and O–H groups in total. The predicted octanol–water partition coefficient (Wildman–Crippen LogP) is 3.14. The summed E-state index contributed by atoms with van der Waals surface area (Å²) < 4.78 is 46.1. The van der Waals surface area contributed by atoms with Crippen molar-refractivity contribution in [2.24, 2.45) is 5.11 Å². The number of piperazine rings is 1. The average Bonchev–Trinajstić information content (AvgIpc) is 3.35. The molecule has 2 aromatic rings. The normalized spacial score (nSPS) is 17.0. The fourth-order valence-corrected chi connectivity index (χ4v) is 4.72. The van der Waals surface area contributed by atoms with Crippen LogP contribution >= 0.6 is 11.8 Å². The summed E-state index contributed by atoms with van der Waals surface area (Å²) in [4.78, 5) is 22.8. The number of hydrogen-bond donors (Lipinski definition) is 1. The van der Waals surface area contributed by atoms with E-state index in [2.05, 4.69) is 36.6 Å². The number of thioether (sulfide) groups is 1. The maximum Gasteiger partial charge on any atom is 0.469 e. The van der Waals surface area contributed by atoms with Crippen LogP contribution < -0.4 is 9.98 Å². The number of alkyl halides is 3. The molecule has 0 aromatic heterocycles. The first-order valence-corrected chi connectivity index (χ1v) is 13.7. The lowest BCUT2D eigenvalue weighted by Gasteiger charge is -2.33. The van der Waals surface area contributed by atoms with Crippen molar-refractivity contribution in [3.63, 3.8) is 0 Å². The third kappa shape index (κ3) is 6.37. The maximum absolute atomic E-state index is 13.9. The quantitative estimate of drug-likeness (QED) is 0.455. The van der Waals surface area contributed by atoms with Crippen molar-refractivity contribution < 1.29 is 22.8 Å². The van der Waals surface area contributed by atoms with E-state index in [-0.39, 0.29) is 17.7 Å². The molecule has 0 aliphatic carbocycles. The lowest BCUT2D eigenvalue weighted by Crippen LogP contribution is -2.44. The van der Waals surface area contributed by atoms with Crippen molar-refractivity contribution in [3.8, 4) is 11.8 Å². The number of benzene rings is 2. The number of nitrogens with one attached hydrogen (secondary N) is 1. The molecule has 0 radical (unpaired) electrons. The lowest BCUT2D eigenvalue weighted by molar-refractivity contribution is -0.138. The Hall–Kier alpha value is -4.10. The molecule has 40 heavy (non-hydrogen) atoms. The molecule has 2 aromatic carbocycles. The van der Waals surface area contributed by atoms with E-state index >= 15 is 0 Å². The van der Waals surface area contributed by atoms with Gasteiger partial charge in [0.1, 0.15) is 0 Å². The second kappa shape index (κ2) is 11.6. The van der Waals surface area contributed by atoms with Gasteiger partial charge in [0, 0.05) is 55.5 Å². The zero-order valence-electron chi connectivity index (χ0n) is 21.9. The molecule has 5 rings (SSSR count). The van der Waals surface area contributed by atoms with Gasteiger partial charge in [-0.15, -0.1) is 4.90 Å². The van der Waals surface area contributed by atoms with E-state index in [0.717, 1.165) is 24.2 Å². The zero-order valence-corrected chi connectivity index (χ0v) is 22.7. The van der Waals surface area contributed by atoms with Gasteiger partial charge < -0.3 is 10.2 Å². The van der Waals surface area contributed by atoms with Gasteiger partial charge in [-0.1, -0.05) is 34.6 Å². The number of likely N-dealkylation sites (N-methyl/N-ethyl adjacent to an activating group) is 1. The predicted molar refractivity (Wildman–Crippen MR) is 150 cm³/mol. The fraction of sp³-hybridized carbons (Fsp3) is 0.286. The Morgan fingerprint density at radius 1 is 1.12 bits per heavy atom. The molecule has 12 heteroatoms. The van der Waals surface area contributed by atoms with Crippen LogP contribution in [-0.2, 0) is 12.7 Å². The van der Waals surface area contributed by atoms with Crippen molar-refractivity contribution in [3.05, 3.63) is 76.6 Å². The summed E-state index contributed by atoms with van der Waals surface area (Å²) in [6, 6.07) is 10.5. The molecule has 3 heterocycles. The van der Waals surface area contributed by atoms with E-state index in [0.29, 0.717) is 36.0 Å². The van der Waals surface area contributed by atoms with Gasteiger partial charge in [-0.2, -0.15) is 13.2 Å². The minimum atomic E-state index is -4.58. The minimum Gasteiger partial charge on any atom is -0.322 e. The molecule has 0 spiro atoms. The van der Waals surface area contributed by atoms with Crippen molar-refractivity contribution >= 4 is 40.6 Å². The van der Waals surface area contributed by atoms with Crippen LogP contribution in [0.25, 0.3) is 0 Å². The molecule has 0 unspecified atom stereocenters. The summed E-state index contributed by atoms with van der Waals surface area (Å²) in [7, 11) is 1.99. The van der Waals surface area contributed by atoms with Crippen molar-refractivity contribution in [2.75, 3.05) is 44.8 Å². The standard InChI is InChI=1S/C28H25F3N7OS/c1-36-10-12-37(13-11-36)17-21-8-7-20(15-23(21)28(29,30)31)27(39)33-22-5-3-4-19(14-22)6-9-24-34-35-25-16-26(40-2)32-18-38(24)25/h3-5,7-8,14-16,18H,10-13,17H2,1-2H3/q+1/p+1. The second-order valence-electron chi connectivity index (χ2n) is 9.42. The van der Waals surface area contributed by atoms with Crippen molar-refractivity contribution in [2.45, 2.75) is 12.7 Å². The third-order valence-electron chi connectivity index (χ3n) is 6.59. The Kier molecular flexibility index (Phi) is 7.94. The van der Waals surface area contributed by atoms with E-state index in [1.807, 2.05) is 24.3 Å². The highest BCUT2D eigenvalue weighted by atomic mass is 32.2. The monoisotopic (exact) mass is 565 g/mol. The Labute approximate surface area is 233 Å². The van der Waals surface area contributed by atoms with E-state index in [9.17, 15) is 18.0 Å². The number of rotatable bonds is 4. The highest BCUT2D eigenvalue weighted by molar-refractivity contribution is 8.13. The summed E-state index contributed by atoms with van der Waals surface area (Å²) in [5.74, 6) is 6.32. The van der Waals surface area contributed by atoms with E-state index in [1.54, 1.807) is 35.5 Å². The molecule has 1 saturated heterocycles. The van der Waals surface area contributed by atoms with Gasteiger partial charge in [0.25, 0.3) is 16.8 Å². The van der Waals surface area contributed by atoms with Crippen LogP contribution in [0.2, 0.25) is 0 Å². The number of carbonyl (C=O) groups excluding carboxylic acids is 1. The number of carbonyl (C=O) groups is 1. The largest absolute Gasteiger partial charge is 0.469 e. The van der Waals surface area contributed by atoms with Crippen LogP contribution in [-0.4, -0.2) is 82.1 Å². The van der Waals surface area contributed by atoms with Gasteiger partial charge >= 0.3 is 18.4 Å². The van der Waals surface area contributed by atoms with Gasteiger partial charge in [-0.05, 0) is 49.2 Å². The highest BCUT2D eigenvalue weighted by Gasteiger charge is 2.36. The second-order valence-corrected chi connectivity index (χ2v) is 10.2. The summed E-state index contributed by atoms with van der Waals surface area (Å²) in [5, 5.41) is 7.61. The zero-order chi connectivity index (χ0) is 28.3. The van der Waals surface area contributed by atoms with Gasteiger partial charge in [0.2, 0.25) is 0 Å². The van der Waals surface area contributed by atoms with Crippen LogP contribution in [0.15, 0.2) is 59.5 Å². The Morgan fingerprint density at radius 3 is 2.67 bits per heavy atom. The fourth-order valence-electron chi connectivity index (χ4n) is 4.35. The van der Waals surface area contributed by atoms with E-state index in [1.165, 1.54) is 23.9 Å². The molecule has 204 valence electrons. The van der Waals surface area contributed by atoms with Crippen LogP contribution in [0.4, 0.5) is 18.9 Å². The molecule has 3 aliphatic heterocycles. The molecular weight excluding hydrogens is 539 g/mol. The Morgan fingerprint density at radius 2 is 1.93 bits per heavy atom. The molecule has 1 fully saturated rings. The molecular formula is C28H26F3N7OS+2. The van der Waals surface area contributed by atoms with Crippen LogP contribution in [0.5, 0.6) is 0 Å². The van der Waals surface area contributed by atoms with Crippen molar-refractivity contribution in [1.82, 2.24) is 19.4 Å². The van der Waals surface area contributed by atoms with Crippen molar-refractivity contribution in [1.29, 1.82) is 0 Å². The number of hydrogen-bond acceptors (Lipinski definition) is 6. The summed E-state index contributed by atoms with van der Waals surface area (Å²) in [5.41, 5.74) is 0.286. The lowest BCUT2D eigenvalue weighted by atomic mass is 10.0. The molecule has 0 atom stereocenters. The number of amides is 1. The number of amidine groups is 1. The first-order chi connectivity index (χ1) is 19.2. The van der Waals surface area contributed by atoms with Gasteiger partial charge in [-0.3, -0.25) is 9.69 Å². The summed E-state index contributed by atoms with van der Waals surface area (Å²) >= 11 is 1.50. The minimum absolute atomic E-state index is 0.0713. The van der Waals surface area contributed by atoms with Gasteiger partial charge in [0.15, 0.2) is 0 Å². The number of nitrogens with zero attached hydrogens (tertiary/aromatic N) is 6. The molecule has 1 amide bonds. The highest BCUT2D eigenvalue weighted by Crippen LogP contribution is 2.33. The van der Waals surface area contributed by atoms with Gasteiger partial charge in [-0.25, -0.2) is 4.67 Å². The van der Waals surface area contributed by atoms with Crippen LogP contribution in [0.1, 0.15) is 27.0 Å². The summed E-state index contributed by atoms with van der Waals surface area (Å²) in [6.07, 6.45) is 0.753. The smallest absolute Gasteiger partial charge is 0.322 e. The van der Waals surface area contributed by atoms with Crippen LogP contribution in [0, 0.1) is 11.8 Å². The number of anilines is 1. The van der Waals surface area contributed by atoms with E-state index < -0.39 is 17.6 Å². The Bertz CT molecular complexity index is 1570.